The molecule has 0 spiro atoms. The number of nitrogens with two attached hydrogens (primary N) is 1. The number of nitrogens with one attached hydrogen (secondary N) is 1. The molecule has 0 aliphatic carbocycles. The molecule has 5 heteroatoms. The fraction of sp³-hybridized carbons (Fsp3) is 0.533. The summed E-state index contributed by atoms with van der Waals surface area (Å²) < 4.78 is 1.15. The molecule has 1 aromatic carbocycles. The van der Waals surface area contributed by atoms with Crippen molar-refractivity contribution in [1.82, 2.24) is 9.88 Å². The second-order valence-electron chi connectivity index (χ2n) is 5.68. The SMILES string of the molecule is CC1CCN(CCNc2ccc3scnc3c2N)CC1. The minimum absolute atomic E-state index is 0.774. The summed E-state index contributed by atoms with van der Waals surface area (Å²) in [5.41, 5.74) is 10.7. The van der Waals surface area contributed by atoms with E-state index < -0.39 is 0 Å². The molecule has 3 N–H and O–H groups in total. The van der Waals surface area contributed by atoms with Gasteiger partial charge in [-0.25, -0.2) is 4.98 Å². The molecule has 2 aromatic rings. The number of hydrogen-bond acceptors (Lipinski definition) is 5. The summed E-state index contributed by atoms with van der Waals surface area (Å²) >= 11 is 1.63. The number of aromatic nitrogens is 1. The van der Waals surface area contributed by atoms with Crippen LogP contribution in [0, 0.1) is 5.92 Å². The highest BCUT2D eigenvalue weighted by molar-refractivity contribution is 7.16. The highest BCUT2D eigenvalue weighted by atomic mass is 32.1. The number of hydrogen-bond donors (Lipinski definition) is 2. The second kappa shape index (κ2) is 5.97. The molecule has 0 bridgehead atoms. The Labute approximate surface area is 124 Å². The number of anilines is 2. The van der Waals surface area contributed by atoms with E-state index in [0.717, 1.165) is 40.6 Å². The van der Waals surface area contributed by atoms with E-state index in [1.807, 2.05) is 5.51 Å². The second-order valence-corrected chi connectivity index (χ2v) is 6.56. The Balaban J connectivity index is 1.56. The summed E-state index contributed by atoms with van der Waals surface area (Å²) in [7, 11) is 0. The Bertz CT molecular complexity index is 572. The summed E-state index contributed by atoms with van der Waals surface area (Å²) in [4.78, 5) is 6.86. The van der Waals surface area contributed by atoms with E-state index in [-0.39, 0.29) is 0 Å². The maximum atomic E-state index is 6.17. The number of thiazole rings is 1. The molecular formula is C15H22N4S. The Morgan fingerprint density at radius 3 is 3.00 bits per heavy atom. The van der Waals surface area contributed by atoms with Gasteiger partial charge in [0.1, 0.15) is 5.52 Å². The maximum absolute atomic E-state index is 6.17. The average molecular weight is 290 g/mol. The van der Waals surface area contributed by atoms with Crippen LogP contribution in [0.3, 0.4) is 0 Å². The summed E-state index contributed by atoms with van der Waals surface area (Å²) in [6.07, 6.45) is 2.65. The Kier molecular flexibility index (Phi) is 4.08. The van der Waals surface area contributed by atoms with Gasteiger partial charge in [-0.1, -0.05) is 6.92 Å². The van der Waals surface area contributed by atoms with Crippen molar-refractivity contribution in [2.75, 3.05) is 37.2 Å². The van der Waals surface area contributed by atoms with Crippen molar-refractivity contribution >= 4 is 32.9 Å². The lowest BCUT2D eigenvalue weighted by molar-refractivity contribution is 0.199. The minimum Gasteiger partial charge on any atom is -0.395 e. The number of likely N-dealkylation sites (tertiary alicyclic amines) is 1. The average Bonchev–Trinajstić information content (AvgIpc) is 2.93. The molecule has 1 saturated heterocycles. The van der Waals surface area contributed by atoms with Crippen molar-refractivity contribution in [3.8, 4) is 0 Å². The van der Waals surface area contributed by atoms with E-state index in [4.69, 9.17) is 5.73 Å². The molecule has 1 aromatic heterocycles. The lowest BCUT2D eigenvalue weighted by Crippen LogP contribution is -2.36. The normalized spacial score (nSPS) is 17.6. The van der Waals surface area contributed by atoms with Gasteiger partial charge >= 0.3 is 0 Å². The molecule has 0 saturated carbocycles. The molecule has 0 amide bonds. The van der Waals surface area contributed by atoms with E-state index in [0.29, 0.717) is 0 Å². The predicted octanol–water partition coefficient (Wildman–Crippen LogP) is 3.02. The van der Waals surface area contributed by atoms with Gasteiger partial charge in [0.25, 0.3) is 0 Å². The summed E-state index contributed by atoms with van der Waals surface area (Å²) in [6.45, 7) is 6.82. The zero-order valence-corrected chi connectivity index (χ0v) is 12.7. The summed E-state index contributed by atoms with van der Waals surface area (Å²) in [5.74, 6) is 0.891. The Hall–Kier alpha value is -1.33. The number of nitrogen functional groups attached to an aromatic ring is 1. The van der Waals surface area contributed by atoms with Gasteiger partial charge in [0, 0.05) is 13.1 Å². The Morgan fingerprint density at radius 1 is 1.40 bits per heavy atom. The molecule has 0 atom stereocenters. The monoisotopic (exact) mass is 290 g/mol. The number of rotatable bonds is 4. The molecule has 2 heterocycles. The van der Waals surface area contributed by atoms with Crippen LogP contribution in [0.25, 0.3) is 10.2 Å². The van der Waals surface area contributed by atoms with Gasteiger partial charge in [-0.3, -0.25) is 0 Å². The first-order valence-corrected chi connectivity index (χ1v) is 8.20. The first kappa shape index (κ1) is 13.6. The zero-order chi connectivity index (χ0) is 13.9. The van der Waals surface area contributed by atoms with Crippen LogP contribution in [0.2, 0.25) is 0 Å². The lowest BCUT2D eigenvalue weighted by atomic mass is 9.99. The third-order valence-corrected chi connectivity index (χ3v) is 4.96. The number of piperidine rings is 1. The number of nitrogens with zero attached hydrogens (tertiary/aromatic N) is 2. The molecule has 3 rings (SSSR count). The first-order chi connectivity index (χ1) is 9.74. The fourth-order valence-electron chi connectivity index (χ4n) is 2.74. The van der Waals surface area contributed by atoms with Crippen LogP contribution in [-0.2, 0) is 0 Å². The van der Waals surface area contributed by atoms with Crippen molar-refractivity contribution in [3.63, 3.8) is 0 Å². The van der Waals surface area contributed by atoms with Gasteiger partial charge in [0.2, 0.25) is 0 Å². The minimum atomic E-state index is 0.774. The van der Waals surface area contributed by atoms with Crippen LogP contribution in [0.1, 0.15) is 19.8 Å². The molecule has 1 aliphatic heterocycles. The van der Waals surface area contributed by atoms with Crippen LogP contribution in [-0.4, -0.2) is 36.1 Å². The van der Waals surface area contributed by atoms with Gasteiger partial charge in [0.15, 0.2) is 0 Å². The molecule has 0 radical (unpaired) electrons. The van der Waals surface area contributed by atoms with E-state index in [2.05, 4.69) is 34.3 Å². The fourth-order valence-corrected chi connectivity index (χ4v) is 3.43. The summed E-state index contributed by atoms with van der Waals surface area (Å²) in [6, 6.07) is 4.16. The quantitative estimate of drug-likeness (QED) is 0.850. The van der Waals surface area contributed by atoms with Gasteiger partial charge < -0.3 is 16.0 Å². The van der Waals surface area contributed by atoms with Crippen LogP contribution < -0.4 is 11.1 Å². The predicted molar refractivity (Wildman–Crippen MR) is 87.4 cm³/mol. The highest BCUT2D eigenvalue weighted by Gasteiger charge is 2.15. The third-order valence-electron chi connectivity index (χ3n) is 4.16. The van der Waals surface area contributed by atoms with Gasteiger partial charge in [-0.05, 0) is 44.0 Å². The molecule has 1 fully saturated rings. The molecule has 0 unspecified atom stereocenters. The zero-order valence-electron chi connectivity index (χ0n) is 11.9. The number of fused-ring (bicyclic) bond motifs is 1. The highest BCUT2D eigenvalue weighted by Crippen LogP contribution is 2.29. The smallest absolute Gasteiger partial charge is 0.106 e. The molecule has 4 nitrogen and oxygen atoms in total. The molecular weight excluding hydrogens is 268 g/mol. The van der Waals surface area contributed by atoms with Crippen LogP contribution in [0.4, 0.5) is 11.4 Å². The van der Waals surface area contributed by atoms with Crippen molar-refractivity contribution < 1.29 is 0 Å². The van der Waals surface area contributed by atoms with E-state index in [9.17, 15) is 0 Å². The van der Waals surface area contributed by atoms with Gasteiger partial charge in [-0.15, -0.1) is 11.3 Å². The standard InChI is InChI=1S/C15H22N4S/c1-11-4-7-19(8-5-11)9-6-17-12-2-3-13-15(14(12)16)18-10-20-13/h2-3,10-11,17H,4-9,16H2,1H3. The van der Waals surface area contributed by atoms with Crippen molar-refractivity contribution in [1.29, 1.82) is 0 Å². The third kappa shape index (κ3) is 2.88. The largest absolute Gasteiger partial charge is 0.395 e. The Morgan fingerprint density at radius 2 is 2.20 bits per heavy atom. The topological polar surface area (TPSA) is 54.2 Å². The van der Waals surface area contributed by atoms with Crippen LogP contribution in [0.5, 0.6) is 0 Å². The van der Waals surface area contributed by atoms with E-state index >= 15 is 0 Å². The lowest BCUT2D eigenvalue weighted by Gasteiger charge is -2.30. The van der Waals surface area contributed by atoms with Crippen molar-refractivity contribution in [2.45, 2.75) is 19.8 Å². The van der Waals surface area contributed by atoms with Crippen LogP contribution >= 0.6 is 11.3 Å². The van der Waals surface area contributed by atoms with Crippen molar-refractivity contribution in [2.24, 2.45) is 5.92 Å². The maximum Gasteiger partial charge on any atom is 0.106 e. The van der Waals surface area contributed by atoms with Crippen LogP contribution in [0.15, 0.2) is 17.6 Å². The van der Waals surface area contributed by atoms with E-state index in [1.165, 1.54) is 25.9 Å². The molecule has 1 aliphatic rings. The number of benzene rings is 1. The van der Waals surface area contributed by atoms with E-state index in [1.54, 1.807) is 11.3 Å². The van der Waals surface area contributed by atoms with Gasteiger partial charge in [0.05, 0.1) is 21.6 Å². The van der Waals surface area contributed by atoms with Crippen molar-refractivity contribution in [3.05, 3.63) is 17.6 Å². The molecule has 20 heavy (non-hydrogen) atoms. The molecule has 108 valence electrons. The van der Waals surface area contributed by atoms with Gasteiger partial charge in [-0.2, -0.15) is 0 Å². The first-order valence-electron chi connectivity index (χ1n) is 7.32. The summed E-state index contributed by atoms with van der Waals surface area (Å²) in [5, 5.41) is 3.45.